The number of nitrogen functional groups attached to an aromatic ring is 1. The van der Waals surface area contributed by atoms with Crippen LogP contribution in [0.25, 0.3) is 22.2 Å². The number of amides is 1. The van der Waals surface area contributed by atoms with Crippen molar-refractivity contribution in [2.45, 2.75) is 32.2 Å². The molecule has 3 aromatic rings. The first kappa shape index (κ1) is 18.9. The molecule has 1 saturated carbocycles. The summed E-state index contributed by atoms with van der Waals surface area (Å²) in [7, 11) is 0. The molecule has 0 radical (unpaired) electrons. The number of carbonyl (C=O) groups is 1. The van der Waals surface area contributed by atoms with Crippen molar-refractivity contribution in [1.29, 1.82) is 0 Å². The van der Waals surface area contributed by atoms with E-state index in [1.165, 1.54) is 6.42 Å². The molecular formula is C23H25N3O3. The van der Waals surface area contributed by atoms with Gasteiger partial charge in [-0.1, -0.05) is 18.7 Å². The maximum Gasteiger partial charge on any atom is 0.416 e. The van der Waals surface area contributed by atoms with Crippen LogP contribution < -0.4 is 15.8 Å². The normalized spacial score (nSPS) is 13.7. The number of carbonyl (C=O) groups excluding carboxylic acids is 1. The van der Waals surface area contributed by atoms with Crippen LogP contribution in [-0.4, -0.2) is 17.3 Å². The molecule has 2 aromatic carbocycles. The predicted octanol–water partition coefficient (Wildman–Crippen LogP) is 5.71. The van der Waals surface area contributed by atoms with Crippen molar-refractivity contribution < 1.29 is 14.3 Å². The molecule has 0 unspecified atom stereocenters. The lowest BCUT2D eigenvalue weighted by Gasteiger charge is -2.30. The molecule has 4 rings (SSSR count). The predicted molar refractivity (Wildman–Crippen MR) is 116 cm³/mol. The SMILES string of the molecule is C=COC(=O)Nc1ccc(-c2c(N)c3ccc(OCC)cc3n2C2CCC2)cc1. The Morgan fingerprint density at radius 2 is 2.03 bits per heavy atom. The summed E-state index contributed by atoms with van der Waals surface area (Å²) in [5.41, 5.74) is 11.1. The van der Waals surface area contributed by atoms with Gasteiger partial charge in [0.05, 0.1) is 29.8 Å². The van der Waals surface area contributed by atoms with Crippen LogP contribution in [0.2, 0.25) is 0 Å². The first-order chi connectivity index (χ1) is 14.1. The van der Waals surface area contributed by atoms with E-state index >= 15 is 0 Å². The zero-order valence-electron chi connectivity index (χ0n) is 16.5. The molecule has 1 amide bonds. The molecular weight excluding hydrogens is 366 g/mol. The molecule has 150 valence electrons. The van der Waals surface area contributed by atoms with E-state index in [9.17, 15) is 4.79 Å². The van der Waals surface area contributed by atoms with Gasteiger partial charge in [-0.3, -0.25) is 5.32 Å². The number of hydrogen-bond acceptors (Lipinski definition) is 4. The molecule has 1 heterocycles. The zero-order valence-corrected chi connectivity index (χ0v) is 16.5. The van der Waals surface area contributed by atoms with Crippen LogP contribution in [-0.2, 0) is 4.74 Å². The van der Waals surface area contributed by atoms with Gasteiger partial charge in [-0.15, -0.1) is 0 Å². The largest absolute Gasteiger partial charge is 0.494 e. The van der Waals surface area contributed by atoms with E-state index in [0.29, 0.717) is 18.3 Å². The highest BCUT2D eigenvalue weighted by Crippen LogP contribution is 2.44. The van der Waals surface area contributed by atoms with E-state index in [1.54, 1.807) is 0 Å². The molecule has 29 heavy (non-hydrogen) atoms. The lowest BCUT2D eigenvalue weighted by atomic mass is 9.92. The highest BCUT2D eigenvalue weighted by atomic mass is 16.5. The Morgan fingerprint density at radius 1 is 1.28 bits per heavy atom. The molecule has 0 aliphatic heterocycles. The number of aromatic nitrogens is 1. The fraction of sp³-hybridized carbons (Fsp3) is 0.261. The maximum absolute atomic E-state index is 11.6. The summed E-state index contributed by atoms with van der Waals surface area (Å²) in [6, 6.07) is 14.1. The van der Waals surface area contributed by atoms with Crippen LogP contribution in [0.15, 0.2) is 55.3 Å². The number of ether oxygens (including phenoxy) is 2. The van der Waals surface area contributed by atoms with Crippen LogP contribution in [0.3, 0.4) is 0 Å². The summed E-state index contributed by atoms with van der Waals surface area (Å²) < 4.78 is 12.8. The average molecular weight is 391 g/mol. The average Bonchev–Trinajstić information content (AvgIpc) is 2.94. The number of nitrogens with two attached hydrogens (primary N) is 1. The highest BCUT2D eigenvalue weighted by Gasteiger charge is 2.27. The molecule has 1 fully saturated rings. The Morgan fingerprint density at radius 3 is 2.66 bits per heavy atom. The lowest BCUT2D eigenvalue weighted by molar-refractivity contribution is 0.201. The van der Waals surface area contributed by atoms with Gasteiger partial charge in [0.1, 0.15) is 5.75 Å². The maximum atomic E-state index is 11.6. The summed E-state index contributed by atoms with van der Waals surface area (Å²) in [5.74, 6) is 0.852. The summed E-state index contributed by atoms with van der Waals surface area (Å²) in [6.07, 6.45) is 4.03. The monoisotopic (exact) mass is 391 g/mol. The number of hydrogen-bond donors (Lipinski definition) is 2. The van der Waals surface area contributed by atoms with Gasteiger partial charge in [-0.25, -0.2) is 4.79 Å². The van der Waals surface area contributed by atoms with Gasteiger partial charge < -0.3 is 19.8 Å². The Hall–Kier alpha value is -3.41. The Bertz CT molecular complexity index is 1050. The molecule has 1 aliphatic carbocycles. The van der Waals surface area contributed by atoms with Gasteiger partial charge in [0.25, 0.3) is 0 Å². The van der Waals surface area contributed by atoms with Gasteiger partial charge >= 0.3 is 6.09 Å². The van der Waals surface area contributed by atoms with Crippen molar-refractivity contribution in [3.8, 4) is 17.0 Å². The van der Waals surface area contributed by atoms with Crippen LogP contribution in [0.5, 0.6) is 5.75 Å². The van der Waals surface area contributed by atoms with Crippen molar-refractivity contribution in [3.05, 3.63) is 55.3 Å². The third-order valence-corrected chi connectivity index (χ3v) is 5.36. The van der Waals surface area contributed by atoms with Crippen molar-refractivity contribution >= 4 is 28.4 Å². The molecule has 6 nitrogen and oxygen atoms in total. The van der Waals surface area contributed by atoms with Crippen molar-refractivity contribution in [2.24, 2.45) is 0 Å². The zero-order chi connectivity index (χ0) is 20.4. The molecule has 0 spiro atoms. The minimum Gasteiger partial charge on any atom is -0.494 e. The van der Waals surface area contributed by atoms with Crippen molar-refractivity contribution in [2.75, 3.05) is 17.7 Å². The van der Waals surface area contributed by atoms with E-state index in [2.05, 4.69) is 22.5 Å². The van der Waals surface area contributed by atoms with Gasteiger partial charge in [0, 0.05) is 28.7 Å². The molecule has 0 saturated heterocycles. The number of rotatable bonds is 6. The van der Waals surface area contributed by atoms with Gasteiger partial charge in [0.2, 0.25) is 0 Å². The lowest BCUT2D eigenvalue weighted by Crippen LogP contribution is -2.18. The van der Waals surface area contributed by atoms with E-state index in [1.807, 2.05) is 43.3 Å². The highest BCUT2D eigenvalue weighted by molar-refractivity contribution is 6.01. The number of benzene rings is 2. The van der Waals surface area contributed by atoms with Crippen LogP contribution in [0.4, 0.5) is 16.2 Å². The molecule has 0 bridgehead atoms. The smallest absolute Gasteiger partial charge is 0.416 e. The molecule has 0 atom stereocenters. The van der Waals surface area contributed by atoms with E-state index in [0.717, 1.165) is 52.7 Å². The summed E-state index contributed by atoms with van der Waals surface area (Å²) in [6.45, 7) is 5.98. The summed E-state index contributed by atoms with van der Waals surface area (Å²) >= 11 is 0. The molecule has 6 heteroatoms. The summed E-state index contributed by atoms with van der Waals surface area (Å²) in [4.78, 5) is 11.6. The molecule has 3 N–H and O–H groups in total. The minimum absolute atomic E-state index is 0.432. The van der Waals surface area contributed by atoms with E-state index in [-0.39, 0.29) is 0 Å². The Balaban J connectivity index is 1.77. The topological polar surface area (TPSA) is 78.5 Å². The van der Waals surface area contributed by atoms with Crippen LogP contribution in [0.1, 0.15) is 32.2 Å². The number of fused-ring (bicyclic) bond motifs is 1. The fourth-order valence-electron chi connectivity index (χ4n) is 3.83. The number of nitrogens with zero attached hydrogens (tertiary/aromatic N) is 1. The quantitative estimate of drug-likeness (QED) is 0.528. The second-order valence-corrected chi connectivity index (χ2v) is 7.10. The van der Waals surface area contributed by atoms with Crippen LogP contribution in [0, 0.1) is 0 Å². The second-order valence-electron chi connectivity index (χ2n) is 7.10. The third-order valence-electron chi connectivity index (χ3n) is 5.36. The summed E-state index contributed by atoms with van der Waals surface area (Å²) in [5, 5.41) is 3.69. The first-order valence-corrected chi connectivity index (χ1v) is 9.87. The van der Waals surface area contributed by atoms with Crippen molar-refractivity contribution in [1.82, 2.24) is 4.57 Å². The first-order valence-electron chi connectivity index (χ1n) is 9.87. The minimum atomic E-state index is -0.570. The van der Waals surface area contributed by atoms with Crippen LogP contribution >= 0.6 is 0 Å². The fourth-order valence-corrected chi connectivity index (χ4v) is 3.83. The molecule has 1 aliphatic rings. The van der Waals surface area contributed by atoms with Gasteiger partial charge in [0.15, 0.2) is 0 Å². The van der Waals surface area contributed by atoms with Gasteiger partial charge in [-0.2, -0.15) is 0 Å². The van der Waals surface area contributed by atoms with Crippen molar-refractivity contribution in [3.63, 3.8) is 0 Å². The van der Waals surface area contributed by atoms with E-state index in [4.69, 9.17) is 15.2 Å². The van der Waals surface area contributed by atoms with Gasteiger partial charge in [-0.05, 0) is 50.5 Å². The number of nitrogens with one attached hydrogen (secondary N) is 1. The molecule has 1 aromatic heterocycles. The van der Waals surface area contributed by atoms with E-state index < -0.39 is 6.09 Å². The Labute approximate surface area is 169 Å². The number of anilines is 2. The second kappa shape index (κ2) is 7.91. The third kappa shape index (κ3) is 3.53. The Kier molecular flexibility index (Phi) is 5.16. The standard InChI is InChI=1S/C23H25N3O3/c1-3-28-18-12-13-19-20(14-18)26(17-6-5-7-17)22(21(19)24)15-8-10-16(11-9-15)25-23(27)29-4-2/h4,8-14,17H,2-3,5-7,24H2,1H3,(H,25,27).